The topological polar surface area (TPSA) is 50.7 Å². The van der Waals surface area contributed by atoms with Gasteiger partial charge in [0.05, 0.1) is 19.8 Å². The maximum absolute atomic E-state index is 5.88. The highest BCUT2D eigenvalue weighted by atomic mass is 16.5. The SMILES string of the molecule is COCCN1CCC2(COCCN(c3ncccn3)C2)C1. The number of aromatic nitrogens is 2. The van der Waals surface area contributed by atoms with Crippen molar-refractivity contribution >= 4 is 5.95 Å². The van der Waals surface area contributed by atoms with Gasteiger partial charge in [0.25, 0.3) is 0 Å². The van der Waals surface area contributed by atoms with Gasteiger partial charge < -0.3 is 19.3 Å². The van der Waals surface area contributed by atoms with Gasteiger partial charge in [-0.1, -0.05) is 0 Å². The number of rotatable bonds is 4. The van der Waals surface area contributed by atoms with Crippen LogP contribution in [-0.2, 0) is 9.47 Å². The zero-order chi connectivity index (χ0) is 14.5. The van der Waals surface area contributed by atoms with Crippen LogP contribution < -0.4 is 4.90 Å². The molecule has 0 aliphatic carbocycles. The van der Waals surface area contributed by atoms with E-state index in [1.54, 1.807) is 19.5 Å². The van der Waals surface area contributed by atoms with Crippen LogP contribution in [0.5, 0.6) is 0 Å². The zero-order valence-electron chi connectivity index (χ0n) is 12.7. The lowest BCUT2D eigenvalue weighted by atomic mass is 9.87. The van der Waals surface area contributed by atoms with Crippen LogP contribution in [0.25, 0.3) is 0 Å². The summed E-state index contributed by atoms with van der Waals surface area (Å²) in [6.45, 7) is 7.40. The van der Waals surface area contributed by atoms with Crippen molar-refractivity contribution in [1.29, 1.82) is 0 Å². The van der Waals surface area contributed by atoms with Crippen LogP contribution in [0.1, 0.15) is 6.42 Å². The van der Waals surface area contributed by atoms with Crippen molar-refractivity contribution in [2.45, 2.75) is 6.42 Å². The van der Waals surface area contributed by atoms with Crippen LogP contribution in [0.2, 0.25) is 0 Å². The average molecular weight is 292 g/mol. The molecular weight excluding hydrogens is 268 g/mol. The lowest BCUT2D eigenvalue weighted by Gasteiger charge is -2.31. The minimum Gasteiger partial charge on any atom is -0.383 e. The van der Waals surface area contributed by atoms with Gasteiger partial charge in [0.1, 0.15) is 0 Å². The maximum atomic E-state index is 5.88. The lowest BCUT2D eigenvalue weighted by molar-refractivity contribution is 0.0707. The van der Waals surface area contributed by atoms with E-state index < -0.39 is 0 Å². The number of ether oxygens (including phenoxy) is 2. The highest BCUT2D eigenvalue weighted by Gasteiger charge is 2.41. The molecule has 1 aromatic rings. The van der Waals surface area contributed by atoms with Gasteiger partial charge in [0, 0.05) is 51.1 Å². The van der Waals surface area contributed by atoms with Gasteiger partial charge in [-0.2, -0.15) is 0 Å². The monoisotopic (exact) mass is 292 g/mol. The molecule has 2 aliphatic rings. The van der Waals surface area contributed by atoms with Gasteiger partial charge in [-0.25, -0.2) is 9.97 Å². The third-order valence-electron chi connectivity index (χ3n) is 4.40. The molecule has 2 saturated heterocycles. The summed E-state index contributed by atoms with van der Waals surface area (Å²) in [4.78, 5) is 13.5. The van der Waals surface area contributed by atoms with E-state index in [9.17, 15) is 0 Å². The van der Waals surface area contributed by atoms with E-state index >= 15 is 0 Å². The van der Waals surface area contributed by atoms with Crippen molar-refractivity contribution in [3.63, 3.8) is 0 Å². The summed E-state index contributed by atoms with van der Waals surface area (Å²) in [5, 5.41) is 0. The smallest absolute Gasteiger partial charge is 0.225 e. The summed E-state index contributed by atoms with van der Waals surface area (Å²) in [5.41, 5.74) is 0.198. The van der Waals surface area contributed by atoms with Crippen molar-refractivity contribution in [1.82, 2.24) is 14.9 Å². The molecule has 0 radical (unpaired) electrons. The maximum Gasteiger partial charge on any atom is 0.225 e. The van der Waals surface area contributed by atoms with Gasteiger partial charge in [-0.05, 0) is 19.0 Å². The standard InChI is InChI=1S/C15H24N4O2/c1-20-9-7-18-6-3-15(11-18)12-19(8-10-21-13-15)14-16-4-2-5-17-14/h2,4-5H,3,6-13H2,1H3. The van der Waals surface area contributed by atoms with Gasteiger partial charge in [-0.15, -0.1) is 0 Å². The first-order valence-corrected chi connectivity index (χ1v) is 7.62. The van der Waals surface area contributed by atoms with E-state index in [0.717, 1.165) is 58.5 Å². The molecule has 3 heterocycles. The average Bonchev–Trinajstić information content (AvgIpc) is 2.79. The molecule has 21 heavy (non-hydrogen) atoms. The van der Waals surface area contributed by atoms with E-state index in [4.69, 9.17) is 9.47 Å². The largest absolute Gasteiger partial charge is 0.383 e. The molecule has 2 aliphatic heterocycles. The highest BCUT2D eigenvalue weighted by molar-refractivity contribution is 5.29. The van der Waals surface area contributed by atoms with Crippen LogP contribution >= 0.6 is 0 Å². The summed E-state index contributed by atoms with van der Waals surface area (Å²) in [7, 11) is 1.76. The quantitative estimate of drug-likeness (QED) is 0.812. The van der Waals surface area contributed by atoms with Gasteiger partial charge >= 0.3 is 0 Å². The highest BCUT2D eigenvalue weighted by Crippen LogP contribution is 2.34. The molecule has 0 bridgehead atoms. The van der Waals surface area contributed by atoms with Crippen molar-refractivity contribution in [2.24, 2.45) is 5.41 Å². The Morgan fingerprint density at radius 3 is 2.95 bits per heavy atom. The molecule has 0 aromatic carbocycles. The molecule has 3 rings (SSSR count). The second kappa shape index (κ2) is 6.68. The molecular formula is C15H24N4O2. The van der Waals surface area contributed by atoms with E-state index in [1.807, 2.05) is 6.07 Å². The zero-order valence-corrected chi connectivity index (χ0v) is 12.7. The number of anilines is 1. The Morgan fingerprint density at radius 1 is 1.29 bits per heavy atom. The van der Waals surface area contributed by atoms with Crippen LogP contribution in [0.4, 0.5) is 5.95 Å². The van der Waals surface area contributed by atoms with Crippen LogP contribution in [-0.4, -0.2) is 74.5 Å². The summed E-state index contributed by atoms with van der Waals surface area (Å²) in [6, 6.07) is 1.86. The van der Waals surface area contributed by atoms with Gasteiger partial charge in [0.15, 0.2) is 0 Å². The minimum absolute atomic E-state index is 0.198. The number of hydrogen-bond acceptors (Lipinski definition) is 6. The van der Waals surface area contributed by atoms with Gasteiger partial charge in [-0.3, -0.25) is 0 Å². The third kappa shape index (κ3) is 3.51. The van der Waals surface area contributed by atoms with Crippen molar-refractivity contribution in [2.75, 3.05) is 64.6 Å². The predicted octanol–water partition coefficient (Wildman–Crippen LogP) is 0.652. The van der Waals surface area contributed by atoms with Crippen LogP contribution in [0.3, 0.4) is 0 Å². The molecule has 0 N–H and O–H groups in total. The Balaban J connectivity index is 1.68. The molecule has 2 fully saturated rings. The van der Waals surface area contributed by atoms with E-state index in [1.165, 1.54) is 6.42 Å². The summed E-state index contributed by atoms with van der Waals surface area (Å²) >= 11 is 0. The Morgan fingerprint density at radius 2 is 2.14 bits per heavy atom. The van der Waals surface area contributed by atoms with Crippen molar-refractivity contribution < 1.29 is 9.47 Å². The van der Waals surface area contributed by atoms with Crippen LogP contribution in [0, 0.1) is 5.41 Å². The second-order valence-electron chi connectivity index (χ2n) is 6.04. The molecule has 0 saturated carbocycles. The predicted molar refractivity (Wildman–Crippen MR) is 80.4 cm³/mol. The first kappa shape index (κ1) is 14.7. The molecule has 1 spiro atoms. The molecule has 1 unspecified atom stereocenters. The fourth-order valence-corrected chi connectivity index (χ4v) is 3.30. The molecule has 6 heteroatoms. The number of likely N-dealkylation sites (tertiary alicyclic amines) is 1. The first-order chi connectivity index (χ1) is 10.3. The first-order valence-electron chi connectivity index (χ1n) is 7.62. The normalized spacial score (nSPS) is 27.2. The number of methoxy groups -OCH3 is 1. The van der Waals surface area contributed by atoms with Crippen molar-refractivity contribution in [3.8, 4) is 0 Å². The molecule has 116 valence electrons. The third-order valence-corrected chi connectivity index (χ3v) is 4.40. The molecule has 0 amide bonds. The minimum atomic E-state index is 0.198. The fourth-order valence-electron chi connectivity index (χ4n) is 3.30. The Hall–Kier alpha value is -1.24. The second-order valence-corrected chi connectivity index (χ2v) is 6.04. The molecule has 6 nitrogen and oxygen atoms in total. The lowest BCUT2D eigenvalue weighted by Crippen LogP contribution is -2.41. The summed E-state index contributed by atoms with van der Waals surface area (Å²) in [5.74, 6) is 0.817. The van der Waals surface area contributed by atoms with E-state index in [-0.39, 0.29) is 5.41 Å². The Bertz CT molecular complexity index is 445. The van der Waals surface area contributed by atoms with Crippen LogP contribution in [0.15, 0.2) is 18.5 Å². The Kier molecular flexibility index (Phi) is 4.67. The number of hydrogen-bond donors (Lipinski definition) is 0. The fraction of sp³-hybridized carbons (Fsp3) is 0.733. The Labute approximate surface area is 126 Å². The summed E-state index contributed by atoms with van der Waals surface area (Å²) in [6.07, 6.45) is 4.78. The van der Waals surface area contributed by atoms with Gasteiger partial charge in [0.2, 0.25) is 5.95 Å². The molecule has 1 aromatic heterocycles. The van der Waals surface area contributed by atoms with Crippen molar-refractivity contribution in [3.05, 3.63) is 18.5 Å². The number of nitrogens with zero attached hydrogens (tertiary/aromatic N) is 4. The van der Waals surface area contributed by atoms with E-state index in [0.29, 0.717) is 0 Å². The summed E-state index contributed by atoms with van der Waals surface area (Å²) < 4.78 is 11.1. The molecule has 1 atom stereocenters. The van der Waals surface area contributed by atoms with E-state index in [2.05, 4.69) is 19.8 Å².